The van der Waals surface area contributed by atoms with Gasteiger partial charge in [-0.25, -0.2) is 5.10 Å². The summed E-state index contributed by atoms with van der Waals surface area (Å²) in [6, 6.07) is 7.62. The van der Waals surface area contributed by atoms with Gasteiger partial charge in [0.15, 0.2) is 17.3 Å². The SMILES string of the molecule is COc1ccc(/C=N\n2c(-c3cccs3)n[nH]c2=S)c(Br)c1OC. The summed E-state index contributed by atoms with van der Waals surface area (Å²) in [6.45, 7) is 0. The lowest BCUT2D eigenvalue weighted by Crippen LogP contribution is -1.97. The van der Waals surface area contributed by atoms with Gasteiger partial charge in [-0.05, 0) is 51.7 Å². The van der Waals surface area contributed by atoms with E-state index in [2.05, 4.69) is 31.2 Å². The van der Waals surface area contributed by atoms with E-state index < -0.39 is 0 Å². The first-order valence-corrected chi connectivity index (χ1v) is 8.90. The molecule has 0 radical (unpaired) electrons. The van der Waals surface area contributed by atoms with Gasteiger partial charge in [-0.3, -0.25) is 0 Å². The number of methoxy groups -OCH3 is 2. The van der Waals surface area contributed by atoms with Crippen molar-refractivity contribution >= 4 is 45.7 Å². The van der Waals surface area contributed by atoms with Crippen LogP contribution in [0.15, 0.2) is 39.2 Å². The van der Waals surface area contributed by atoms with Crippen LogP contribution in [0.25, 0.3) is 10.7 Å². The van der Waals surface area contributed by atoms with Crippen molar-refractivity contribution in [3.63, 3.8) is 0 Å². The number of thiophene rings is 1. The lowest BCUT2D eigenvalue weighted by molar-refractivity contribution is 0.353. The number of rotatable bonds is 5. The normalized spacial score (nSPS) is 11.1. The average Bonchev–Trinajstić information content (AvgIpc) is 3.23. The fourth-order valence-electron chi connectivity index (χ4n) is 2.09. The highest BCUT2D eigenvalue weighted by molar-refractivity contribution is 9.10. The van der Waals surface area contributed by atoms with Crippen molar-refractivity contribution in [1.29, 1.82) is 0 Å². The molecule has 2 aromatic heterocycles. The van der Waals surface area contributed by atoms with Crippen molar-refractivity contribution in [1.82, 2.24) is 14.9 Å². The van der Waals surface area contributed by atoms with Crippen LogP contribution in [0.5, 0.6) is 11.5 Å². The summed E-state index contributed by atoms with van der Waals surface area (Å²) in [4.78, 5) is 0.978. The van der Waals surface area contributed by atoms with E-state index in [1.807, 2.05) is 29.6 Å². The third-order valence-electron chi connectivity index (χ3n) is 3.22. The molecule has 24 heavy (non-hydrogen) atoms. The molecule has 9 heteroatoms. The Kier molecular flexibility index (Phi) is 5.12. The zero-order valence-electron chi connectivity index (χ0n) is 12.8. The summed E-state index contributed by atoms with van der Waals surface area (Å²) in [5.74, 6) is 1.92. The van der Waals surface area contributed by atoms with E-state index in [9.17, 15) is 0 Å². The molecule has 0 bridgehead atoms. The van der Waals surface area contributed by atoms with Gasteiger partial charge < -0.3 is 9.47 Å². The molecule has 0 fully saturated rings. The molecule has 0 saturated carbocycles. The van der Waals surface area contributed by atoms with Gasteiger partial charge in [0.05, 0.1) is 29.8 Å². The van der Waals surface area contributed by atoms with E-state index >= 15 is 0 Å². The lowest BCUT2D eigenvalue weighted by atomic mass is 10.2. The maximum absolute atomic E-state index is 5.37. The van der Waals surface area contributed by atoms with Gasteiger partial charge in [-0.1, -0.05) is 6.07 Å². The molecule has 1 N–H and O–H groups in total. The maximum Gasteiger partial charge on any atom is 0.216 e. The van der Waals surface area contributed by atoms with Gasteiger partial charge in [0, 0.05) is 5.56 Å². The number of nitrogens with zero attached hydrogens (tertiary/aromatic N) is 3. The lowest BCUT2D eigenvalue weighted by Gasteiger charge is -2.10. The van der Waals surface area contributed by atoms with E-state index in [-0.39, 0.29) is 0 Å². The summed E-state index contributed by atoms with van der Waals surface area (Å²) in [7, 11) is 3.18. The number of aromatic nitrogens is 3. The second-order valence-electron chi connectivity index (χ2n) is 4.59. The minimum Gasteiger partial charge on any atom is -0.493 e. The molecule has 6 nitrogen and oxygen atoms in total. The number of hydrogen-bond acceptors (Lipinski definition) is 6. The monoisotopic (exact) mass is 424 g/mol. The van der Waals surface area contributed by atoms with Crippen molar-refractivity contribution in [2.45, 2.75) is 0 Å². The Hall–Kier alpha value is -1.97. The molecule has 0 amide bonds. The number of H-pyrrole nitrogens is 1. The number of nitrogens with one attached hydrogen (secondary N) is 1. The fourth-order valence-corrected chi connectivity index (χ4v) is 3.56. The highest BCUT2D eigenvalue weighted by Gasteiger charge is 2.12. The molecular formula is C15H13BrN4O2S2. The second-order valence-corrected chi connectivity index (χ2v) is 6.72. The van der Waals surface area contributed by atoms with E-state index in [1.54, 1.807) is 36.4 Å². The summed E-state index contributed by atoms with van der Waals surface area (Å²) < 4.78 is 13.4. The molecule has 124 valence electrons. The molecule has 0 unspecified atom stereocenters. The quantitative estimate of drug-likeness (QED) is 0.488. The van der Waals surface area contributed by atoms with Crippen molar-refractivity contribution < 1.29 is 9.47 Å². The van der Waals surface area contributed by atoms with E-state index in [0.717, 1.165) is 14.9 Å². The number of halogens is 1. The molecule has 0 atom stereocenters. The average molecular weight is 425 g/mol. The first kappa shape index (κ1) is 16.9. The second kappa shape index (κ2) is 7.29. The van der Waals surface area contributed by atoms with Gasteiger partial charge in [0.25, 0.3) is 0 Å². The smallest absolute Gasteiger partial charge is 0.216 e. The van der Waals surface area contributed by atoms with Crippen LogP contribution in [0, 0.1) is 4.77 Å². The number of ether oxygens (including phenoxy) is 2. The minimum atomic E-state index is 0.422. The summed E-state index contributed by atoms with van der Waals surface area (Å²) >= 11 is 10.4. The van der Waals surface area contributed by atoms with E-state index in [1.165, 1.54) is 0 Å². The van der Waals surface area contributed by atoms with Gasteiger partial charge in [-0.2, -0.15) is 14.9 Å². The zero-order valence-corrected chi connectivity index (χ0v) is 16.0. The third-order valence-corrected chi connectivity index (χ3v) is 5.17. The first-order valence-electron chi connectivity index (χ1n) is 6.82. The molecular weight excluding hydrogens is 412 g/mol. The summed E-state index contributed by atoms with van der Waals surface area (Å²) in [5.41, 5.74) is 0.827. The molecule has 0 aliphatic rings. The van der Waals surface area contributed by atoms with Gasteiger partial charge >= 0.3 is 0 Å². The van der Waals surface area contributed by atoms with Crippen LogP contribution in [0.2, 0.25) is 0 Å². The zero-order chi connectivity index (χ0) is 17.1. The molecule has 1 aromatic carbocycles. The van der Waals surface area contributed by atoms with Crippen LogP contribution < -0.4 is 9.47 Å². The minimum absolute atomic E-state index is 0.422. The largest absolute Gasteiger partial charge is 0.493 e. The Labute approximate surface area is 155 Å². The Morgan fingerprint density at radius 2 is 2.17 bits per heavy atom. The predicted octanol–water partition coefficient (Wildman–Crippen LogP) is 4.33. The highest BCUT2D eigenvalue weighted by atomic mass is 79.9. The van der Waals surface area contributed by atoms with Crippen molar-refractivity contribution in [3.8, 4) is 22.2 Å². The van der Waals surface area contributed by atoms with Crippen LogP contribution in [0.4, 0.5) is 0 Å². The molecule has 3 aromatic rings. The summed E-state index contributed by atoms with van der Waals surface area (Å²) in [6.07, 6.45) is 1.69. The molecule has 0 aliphatic heterocycles. The molecule has 0 spiro atoms. The predicted molar refractivity (Wildman–Crippen MR) is 101 cm³/mol. The van der Waals surface area contributed by atoms with E-state index in [0.29, 0.717) is 22.1 Å². The molecule has 3 rings (SSSR count). The van der Waals surface area contributed by atoms with Crippen LogP contribution in [-0.2, 0) is 0 Å². The topological polar surface area (TPSA) is 64.4 Å². The molecule has 0 aliphatic carbocycles. The van der Waals surface area contributed by atoms with Crippen LogP contribution in [0.1, 0.15) is 5.56 Å². The highest BCUT2D eigenvalue weighted by Crippen LogP contribution is 2.36. The number of hydrogen-bond donors (Lipinski definition) is 1. The number of aromatic amines is 1. The number of benzene rings is 1. The van der Waals surface area contributed by atoms with Gasteiger partial charge in [0.2, 0.25) is 4.77 Å². The fraction of sp³-hybridized carbons (Fsp3) is 0.133. The van der Waals surface area contributed by atoms with Gasteiger partial charge in [0.1, 0.15) is 0 Å². The van der Waals surface area contributed by atoms with Crippen molar-refractivity contribution in [3.05, 3.63) is 44.5 Å². The molecule has 2 heterocycles. The van der Waals surface area contributed by atoms with Crippen molar-refractivity contribution in [2.24, 2.45) is 5.10 Å². The van der Waals surface area contributed by atoms with Crippen LogP contribution >= 0.6 is 39.5 Å². The Morgan fingerprint density at radius 1 is 1.33 bits per heavy atom. The summed E-state index contributed by atoms with van der Waals surface area (Å²) in [5, 5.41) is 13.4. The third kappa shape index (κ3) is 3.14. The van der Waals surface area contributed by atoms with E-state index in [4.69, 9.17) is 21.7 Å². The Morgan fingerprint density at radius 3 is 2.83 bits per heavy atom. The Balaban J connectivity index is 2.01. The Bertz CT molecular complexity index is 932. The standard InChI is InChI=1S/C15H13BrN4O2S2/c1-21-10-6-5-9(12(16)13(10)22-2)8-17-20-14(18-19-15(20)23)11-4-3-7-24-11/h3-8H,1-2H3,(H,19,23)/b17-8-. The maximum atomic E-state index is 5.37. The first-order chi connectivity index (χ1) is 11.7. The van der Waals surface area contributed by atoms with Gasteiger partial charge in [-0.15, -0.1) is 11.3 Å². The van der Waals surface area contributed by atoms with Crippen molar-refractivity contribution in [2.75, 3.05) is 14.2 Å². The van der Waals surface area contributed by atoms with Crippen LogP contribution in [0.3, 0.4) is 0 Å². The van der Waals surface area contributed by atoms with Crippen LogP contribution in [-0.4, -0.2) is 35.3 Å². The molecule has 0 saturated heterocycles.